The van der Waals surface area contributed by atoms with E-state index in [2.05, 4.69) is 10.3 Å². The van der Waals surface area contributed by atoms with E-state index >= 15 is 0 Å². The van der Waals surface area contributed by atoms with E-state index in [0.29, 0.717) is 17.8 Å². The Labute approximate surface area is 140 Å². The number of nitrogens with zero attached hydrogens (tertiary/aromatic N) is 2. The van der Waals surface area contributed by atoms with Crippen LogP contribution in [0.4, 0.5) is 17.6 Å². The van der Waals surface area contributed by atoms with Crippen molar-refractivity contribution in [2.75, 3.05) is 6.54 Å². The minimum absolute atomic E-state index is 0.144. The lowest BCUT2D eigenvalue weighted by Crippen LogP contribution is -2.25. The molecule has 0 radical (unpaired) electrons. The fourth-order valence-electron chi connectivity index (χ4n) is 2.35. The average molecular weight is 351 g/mol. The summed E-state index contributed by atoms with van der Waals surface area (Å²) in [5.74, 6) is -0.851. The molecule has 2 heterocycles. The fourth-order valence-corrected chi connectivity index (χ4v) is 2.35. The zero-order valence-electron chi connectivity index (χ0n) is 12.8. The second kappa shape index (κ2) is 6.54. The monoisotopic (exact) mass is 351 g/mol. The summed E-state index contributed by atoms with van der Waals surface area (Å²) in [4.78, 5) is 16.2. The number of nitrogens with one attached hydrogen (secondary N) is 1. The predicted octanol–water partition coefficient (Wildman–Crippen LogP) is 3.46. The van der Waals surface area contributed by atoms with E-state index < -0.39 is 17.6 Å². The van der Waals surface area contributed by atoms with Gasteiger partial charge in [-0.3, -0.25) is 4.79 Å². The molecule has 0 bridgehead atoms. The topological polar surface area (TPSA) is 46.4 Å². The molecular formula is C17H13F4N3O. The van der Waals surface area contributed by atoms with Gasteiger partial charge < -0.3 is 9.72 Å². The lowest BCUT2D eigenvalue weighted by Gasteiger charge is -2.08. The normalized spacial score (nSPS) is 11.7. The van der Waals surface area contributed by atoms with Crippen molar-refractivity contribution in [2.45, 2.75) is 12.6 Å². The number of halogens is 4. The maximum absolute atomic E-state index is 13.1. The van der Waals surface area contributed by atoms with Crippen LogP contribution in [0.15, 0.2) is 48.8 Å². The Hall–Kier alpha value is -2.90. The zero-order chi connectivity index (χ0) is 18.0. The highest BCUT2D eigenvalue weighted by Crippen LogP contribution is 2.29. The number of carbonyl (C=O) groups excluding carboxylic acids is 1. The predicted molar refractivity (Wildman–Crippen MR) is 82.6 cm³/mol. The fraction of sp³-hybridized carbons (Fsp3) is 0.176. The van der Waals surface area contributed by atoms with Crippen molar-refractivity contribution in [1.82, 2.24) is 14.7 Å². The molecule has 130 valence electrons. The maximum atomic E-state index is 13.1. The molecule has 0 saturated heterocycles. The molecule has 0 aliphatic heterocycles. The minimum atomic E-state index is -4.43. The van der Waals surface area contributed by atoms with Crippen LogP contribution in [-0.2, 0) is 12.6 Å². The van der Waals surface area contributed by atoms with Gasteiger partial charge in [0.15, 0.2) is 0 Å². The van der Waals surface area contributed by atoms with Crippen molar-refractivity contribution >= 4 is 11.6 Å². The number of hydrogen-bond acceptors (Lipinski definition) is 2. The van der Waals surface area contributed by atoms with E-state index in [-0.39, 0.29) is 17.9 Å². The van der Waals surface area contributed by atoms with Gasteiger partial charge in [-0.15, -0.1) is 0 Å². The van der Waals surface area contributed by atoms with Crippen LogP contribution in [0.25, 0.3) is 5.65 Å². The number of carbonyl (C=O) groups is 1. The molecule has 0 unspecified atom stereocenters. The number of amides is 1. The first-order valence-electron chi connectivity index (χ1n) is 7.41. The van der Waals surface area contributed by atoms with Gasteiger partial charge in [-0.05, 0) is 36.4 Å². The molecular weight excluding hydrogens is 338 g/mol. The first kappa shape index (κ1) is 16.9. The van der Waals surface area contributed by atoms with Crippen molar-refractivity contribution in [1.29, 1.82) is 0 Å². The molecule has 8 heteroatoms. The van der Waals surface area contributed by atoms with Gasteiger partial charge in [-0.2, -0.15) is 13.2 Å². The number of pyridine rings is 1. The maximum Gasteiger partial charge on any atom is 0.416 e. The third-order valence-corrected chi connectivity index (χ3v) is 3.61. The summed E-state index contributed by atoms with van der Waals surface area (Å²) < 4.78 is 52.1. The molecule has 0 atom stereocenters. The smallest absolute Gasteiger partial charge is 0.352 e. The Bertz CT molecular complexity index is 900. The summed E-state index contributed by atoms with van der Waals surface area (Å²) in [6.07, 6.45) is -1.07. The molecule has 0 fully saturated rings. The Kier molecular flexibility index (Phi) is 4.43. The van der Waals surface area contributed by atoms with Crippen molar-refractivity contribution in [3.05, 3.63) is 71.4 Å². The van der Waals surface area contributed by atoms with Gasteiger partial charge in [0.1, 0.15) is 11.5 Å². The summed E-state index contributed by atoms with van der Waals surface area (Å²) in [6.45, 7) is 0.256. The molecule has 0 saturated carbocycles. The first-order valence-corrected chi connectivity index (χ1v) is 7.41. The van der Waals surface area contributed by atoms with Gasteiger partial charge in [0, 0.05) is 30.9 Å². The molecule has 0 aliphatic carbocycles. The van der Waals surface area contributed by atoms with Gasteiger partial charge in [-0.25, -0.2) is 9.37 Å². The number of rotatable bonds is 4. The number of alkyl halides is 3. The molecule has 0 spiro atoms. The summed E-state index contributed by atoms with van der Waals surface area (Å²) in [7, 11) is 0. The molecule has 3 rings (SSSR count). The van der Waals surface area contributed by atoms with E-state index in [1.54, 1.807) is 16.7 Å². The van der Waals surface area contributed by atoms with Crippen LogP contribution in [-0.4, -0.2) is 21.8 Å². The summed E-state index contributed by atoms with van der Waals surface area (Å²) >= 11 is 0. The van der Waals surface area contributed by atoms with E-state index in [1.807, 2.05) is 0 Å². The van der Waals surface area contributed by atoms with Crippen LogP contribution in [0.5, 0.6) is 0 Å². The van der Waals surface area contributed by atoms with Crippen LogP contribution in [0.1, 0.15) is 21.6 Å². The third-order valence-electron chi connectivity index (χ3n) is 3.61. The van der Waals surface area contributed by atoms with Crippen LogP contribution in [0.3, 0.4) is 0 Å². The lowest BCUT2D eigenvalue weighted by molar-refractivity contribution is -0.137. The van der Waals surface area contributed by atoms with Crippen LogP contribution in [0.2, 0.25) is 0 Å². The number of hydrogen-bond donors (Lipinski definition) is 1. The first-order chi connectivity index (χ1) is 11.8. The Balaban J connectivity index is 1.58. The van der Waals surface area contributed by atoms with Crippen molar-refractivity contribution in [3.8, 4) is 0 Å². The van der Waals surface area contributed by atoms with Gasteiger partial charge >= 0.3 is 6.18 Å². The second-order valence-electron chi connectivity index (χ2n) is 5.43. The van der Waals surface area contributed by atoms with Crippen LogP contribution < -0.4 is 5.32 Å². The lowest BCUT2D eigenvalue weighted by atomic mass is 10.1. The molecule has 0 aliphatic rings. The zero-order valence-corrected chi connectivity index (χ0v) is 12.8. The minimum Gasteiger partial charge on any atom is -0.352 e. The Morgan fingerprint density at radius 1 is 1.08 bits per heavy atom. The average Bonchev–Trinajstić information content (AvgIpc) is 2.96. The summed E-state index contributed by atoms with van der Waals surface area (Å²) in [6, 6.07) is 6.84. The Morgan fingerprint density at radius 2 is 1.80 bits per heavy atom. The molecule has 3 aromatic rings. The molecule has 1 amide bonds. The van der Waals surface area contributed by atoms with Crippen molar-refractivity contribution < 1.29 is 22.4 Å². The van der Waals surface area contributed by atoms with Crippen LogP contribution >= 0.6 is 0 Å². The highest BCUT2D eigenvalue weighted by molar-refractivity contribution is 5.94. The largest absolute Gasteiger partial charge is 0.416 e. The molecule has 1 N–H and O–H groups in total. The molecule has 4 nitrogen and oxygen atoms in total. The quantitative estimate of drug-likeness (QED) is 0.732. The second-order valence-corrected chi connectivity index (χ2v) is 5.43. The number of benzene rings is 1. The molecule has 1 aromatic carbocycles. The standard InChI is InChI=1S/C17H13F4N3O/c18-13-5-6-15-23-14(10-24(15)9-13)7-8-22-16(25)11-1-3-12(4-2-11)17(19,20)21/h1-6,9-10H,7-8H2,(H,22,25). The molecule has 2 aromatic heterocycles. The van der Waals surface area contributed by atoms with Crippen LogP contribution in [0, 0.1) is 5.82 Å². The number of imidazole rings is 1. The van der Waals surface area contributed by atoms with E-state index in [4.69, 9.17) is 0 Å². The Morgan fingerprint density at radius 3 is 2.48 bits per heavy atom. The third kappa shape index (κ3) is 3.96. The summed E-state index contributed by atoms with van der Waals surface area (Å²) in [5.41, 5.74) is 0.592. The molecule has 25 heavy (non-hydrogen) atoms. The van der Waals surface area contributed by atoms with E-state index in [1.165, 1.54) is 12.3 Å². The van der Waals surface area contributed by atoms with Gasteiger partial charge in [-0.1, -0.05) is 0 Å². The van der Waals surface area contributed by atoms with Crippen molar-refractivity contribution in [3.63, 3.8) is 0 Å². The van der Waals surface area contributed by atoms with Gasteiger partial charge in [0.25, 0.3) is 5.91 Å². The van der Waals surface area contributed by atoms with E-state index in [9.17, 15) is 22.4 Å². The number of aromatic nitrogens is 2. The number of fused-ring (bicyclic) bond motifs is 1. The van der Waals surface area contributed by atoms with Gasteiger partial charge in [0.2, 0.25) is 0 Å². The van der Waals surface area contributed by atoms with Crippen molar-refractivity contribution in [2.24, 2.45) is 0 Å². The summed E-state index contributed by atoms with van der Waals surface area (Å²) in [5, 5.41) is 2.62. The van der Waals surface area contributed by atoms with E-state index in [0.717, 1.165) is 24.3 Å². The highest BCUT2D eigenvalue weighted by atomic mass is 19.4. The SMILES string of the molecule is O=C(NCCc1cn2cc(F)ccc2n1)c1ccc(C(F)(F)F)cc1. The highest BCUT2D eigenvalue weighted by Gasteiger charge is 2.30. The van der Waals surface area contributed by atoms with Gasteiger partial charge in [0.05, 0.1) is 11.3 Å².